The number of carbonyl (C=O) groups is 1. The first-order chi connectivity index (χ1) is 8.08. The number of hydrogen-bond donors (Lipinski definition) is 2. The van der Waals surface area contributed by atoms with E-state index in [0.29, 0.717) is 5.92 Å². The second kappa shape index (κ2) is 7.70. The van der Waals surface area contributed by atoms with Gasteiger partial charge in [0.25, 0.3) is 0 Å². The van der Waals surface area contributed by atoms with Gasteiger partial charge in [-0.25, -0.2) is 0 Å². The van der Waals surface area contributed by atoms with Crippen LogP contribution in [0.15, 0.2) is 0 Å². The van der Waals surface area contributed by atoms with Crippen LogP contribution in [0.3, 0.4) is 0 Å². The minimum Gasteiger partial charge on any atom is -0.481 e. The molecule has 2 atom stereocenters. The largest absolute Gasteiger partial charge is 0.481 e. The summed E-state index contributed by atoms with van der Waals surface area (Å²) in [4.78, 5) is 10.5. The molecule has 1 aliphatic carbocycles. The summed E-state index contributed by atoms with van der Waals surface area (Å²) < 4.78 is 0. The summed E-state index contributed by atoms with van der Waals surface area (Å²) >= 11 is 0. The molecule has 0 aromatic heterocycles. The van der Waals surface area contributed by atoms with Crippen LogP contribution in [-0.4, -0.2) is 17.1 Å². The zero-order chi connectivity index (χ0) is 12.7. The third-order valence-corrected chi connectivity index (χ3v) is 4.01. The van der Waals surface area contributed by atoms with Crippen molar-refractivity contribution >= 4 is 5.97 Å². The van der Waals surface area contributed by atoms with Gasteiger partial charge < -0.3 is 10.8 Å². The number of carboxylic acids is 1. The maximum absolute atomic E-state index is 10.5. The van der Waals surface area contributed by atoms with E-state index in [4.69, 9.17) is 10.8 Å². The van der Waals surface area contributed by atoms with Gasteiger partial charge >= 0.3 is 5.97 Å². The Hall–Kier alpha value is -0.570. The van der Waals surface area contributed by atoms with Crippen LogP contribution in [0.5, 0.6) is 0 Å². The summed E-state index contributed by atoms with van der Waals surface area (Å²) in [5.41, 5.74) is 5.76. The van der Waals surface area contributed by atoms with Crippen molar-refractivity contribution in [2.75, 3.05) is 0 Å². The van der Waals surface area contributed by atoms with Crippen LogP contribution in [0.4, 0.5) is 0 Å². The molecule has 3 nitrogen and oxygen atoms in total. The molecular formula is C14H27NO2. The summed E-state index contributed by atoms with van der Waals surface area (Å²) in [6, 6.07) is -0.165. The van der Waals surface area contributed by atoms with Crippen molar-refractivity contribution in [1.29, 1.82) is 0 Å². The van der Waals surface area contributed by atoms with Crippen LogP contribution in [0.25, 0.3) is 0 Å². The molecule has 1 saturated carbocycles. The van der Waals surface area contributed by atoms with Crippen LogP contribution in [-0.2, 0) is 4.79 Å². The van der Waals surface area contributed by atoms with E-state index in [1.807, 2.05) is 0 Å². The van der Waals surface area contributed by atoms with Crippen molar-refractivity contribution in [2.45, 2.75) is 70.8 Å². The number of carboxylic acid groups (broad SMARTS) is 1. The van der Waals surface area contributed by atoms with Gasteiger partial charge in [0.05, 0.1) is 6.42 Å². The standard InChI is InChI=1S/C14H27NO2/c1-11(6-8-12-4-2-3-5-12)7-9-13(15)10-14(16)17/h11-13H,2-10,15H2,1H3,(H,16,17). The Morgan fingerprint density at radius 1 is 1.29 bits per heavy atom. The third-order valence-electron chi connectivity index (χ3n) is 4.01. The number of nitrogens with two attached hydrogens (primary N) is 1. The SMILES string of the molecule is CC(CCC(N)CC(=O)O)CCC1CCCC1. The Kier molecular flexibility index (Phi) is 6.56. The first kappa shape index (κ1) is 14.5. The molecule has 0 aromatic rings. The quantitative estimate of drug-likeness (QED) is 0.686. The van der Waals surface area contributed by atoms with E-state index in [1.165, 1.54) is 38.5 Å². The number of hydrogen-bond acceptors (Lipinski definition) is 2. The lowest BCUT2D eigenvalue weighted by atomic mass is 9.91. The highest BCUT2D eigenvalue weighted by Gasteiger charge is 2.16. The van der Waals surface area contributed by atoms with Gasteiger partial charge in [-0.2, -0.15) is 0 Å². The zero-order valence-electron chi connectivity index (χ0n) is 11.0. The molecule has 0 aliphatic heterocycles. The Morgan fingerprint density at radius 2 is 1.94 bits per heavy atom. The fraction of sp³-hybridized carbons (Fsp3) is 0.929. The molecule has 1 fully saturated rings. The molecular weight excluding hydrogens is 214 g/mol. The second-order valence-corrected chi connectivity index (χ2v) is 5.77. The average molecular weight is 241 g/mol. The van der Waals surface area contributed by atoms with Gasteiger partial charge in [-0.05, 0) is 24.7 Å². The summed E-state index contributed by atoms with van der Waals surface area (Å²) in [7, 11) is 0. The fourth-order valence-corrected chi connectivity index (χ4v) is 2.79. The Labute approximate surface area is 105 Å². The minimum atomic E-state index is -0.781. The summed E-state index contributed by atoms with van der Waals surface area (Å²) in [6.07, 6.45) is 10.3. The van der Waals surface area contributed by atoms with Crippen molar-refractivity contribution < 1.29 is 9.90 Å². The van der Waals surface area contributed by atoms with Crippen LogP contribution in [0.1, 0.15) is 64.7 Å². The molecule has 0 amide bonds. The summed E-state index contributed by atoms with van der Waals surface area (Å²) in [5.74, 6) is 0.872. The van der Waals surface area contributed by atoms with Crippen molar-refractivity contribution in [2.24, 2.45) is 17.6 Å². The molecule has 0 heterocycles. The van der Waals surface area contributed by atoms with E-state index in [1.54, 1.807) is 0 Å². The Bertz CT molecular complexity index is 224. The monoisotopic (exact) mass is 241 g/mol. The molecule has 2 unspecified atom stereocenters. The van der Waals surface area contributed by atoms with Crippen molar-refractivity contribution in [3.63, 3.8) is 0 Å². The normalized spacial score (nSPS) is 20.4. The maximum Gasteiger partial charge on any atom is 0.304 e. The van der Waals surface area contributed by atoms with Gasteiger partial charge in [-0.15, -0.1) is 0 Å². The van der Waals surface area contributed by atoms with E-state index in [0.717, 1.165) is 18.8 Å². The van der Waals surface area contributed by atoms with E-state index >= 15 is 0 Å². The van der Waals surface area contributed by atoms with Crippen molar-refractivity contribution in [3.05, 3.63) is 0 Å². The molecule has 0 saturated heterocycles. The van der Waals surface area contributed by atoms with Crippen molar-refractivity contribution in [3.8, 4) is 0 Å². The van der Waals surface area contributed by atoms with Gasteiger partial charge in [-0.1, -0.05) is 45.4 Å². The summed E-state index contributed by atoms with van der Waals surface area (Å²) in [5, 5.41) is 8.62. The number of rotatable bonds is 8. The number of aliphatic carboxylic acids is 1. The smallest absolute Gasteiger partial charge is 0.304 e. The highest BCUT2D eigenvalue weighted by Crippen LogP contribution is 2.30. The Balaban J connectivity index is 2.03. The van der Waals surface area contributed by atoms with Crippen LogP contribution < -0.4 is 5.73 Å². The average Bonchev–Trinajstić information content (AvgIpc) is 2.75. The third kappa shape index (κ3) is 6.67. The molecule has 3 N–H and O–H groups in total. The first-order valence-corrected chi connectivity index (χ1v) is 7.05. The van der Waals surface area contributed by atoms with E-state index in [9.17, 15) is 4.79 Å². The minimum absolute atomic E-state index is 0.106. The zero-order valence-corrected chi connectivity index (χ0v) is 11.0. The van der Waals surface area contributed by atoms with Gasteiger partial charge in [0.15, 0.2) is 0 Å². The van der Waals surface area contributed by atoms with Crippen LogP contribution in [0, 0.1) is 11.8 Å². The lowest BCUT2D eigenvalue weighted by molar-refractivity contribution is -0.137. The lowest BCUT2D eigenvalue weighted by Gasteiger charge is -2.16. The highest BCUT2D eigenvalue weighted by molar-refractivity contribution is 5.67. The van der Waals surface area contributed by atoms with Crippen LogP contribution in [0.2, 0.25) is 0 Å². The first-order valence-electron chi connectivity index (χ1n) is 7.05. The van der Waals surface area contributed by atoms with E-state index < -0.39 is 5.97 Å². The van der Waals surface area contributed by atoms with Gasteiger partial charge in [0.2, 0.25) is 0 Å². The molecule has 0 aromatic carbocycles. The molecule has 17 heavy (non-hydrogen) atoms. The molecule has 1 rings (SSSR count). The van der Waals surface area contributed by atoms with Gasteiger partial charge in [0, 0.05) is 6.04 Å². The maximum atomic E-state index is 10.5. The molecule has 0 bridgehead atoms. The van der Waals surface area contributed by atoms with E-state index in [2.05, 4.69) is 6.92 Å². The lowest BCUT2D eigenvalue weighted by Crippen LogP contribution is -2.24. The Morgan fingerprint density at radius 3 is 2.53 bits per heavy atom. The van der Waals surface area contributed by atoms with Gasteiger partial charge in [-0.3, -0.25) is 4.79 Å². The predicted molar refractivity (Wildman–Crippen MR) is 69.8 cm³/mol. The fourth-order valence-electron chi connectivity index (χ4n) is 2.79. The molecule has 0 spiro atoms. The molecule has 1 aliphatic rings. The topological polar surface area (TPSA) is 63.3 Å². The van der Waals surface area contributed by atoms with Gasteiger partial charge in [0.1, 0.15) is 0 Å². The molecule has 3 heteroatoms. The summed E-state index contributed by atoms with van der Waals surface area (Å²) in [6.45, 7) is 2.27. The highest BCUT2D eigenvalue weighted by atomic mass is 16.4. The predicted octanol–water partition coefficient (Wildman–Crippen LogP) is 3.18. The second-order valence-electron chi connectivity index (χ2n) is 5.77. The molecule has 100 valence electrons. The van der Waals surface area contributed by atoms with Crippen molar-refractivity contribution in [1.82, 2.24) is 0 Å². The molecule has 0 radical (unpaired) electrons. The van der Waals surface area contributed by atoms with Crippen LogP contribution >= 0.6 is 0 Å². The van der Waals surface area contributed by atoms with E-state index in [-0.39, 0.29) is 12.5 Å².